The molecule has 2 aromatic rings. The van der Waals surface area contributed by atoms with Crippen LogP contribution in [0.2, 0.25) is 15.1 Å². The summed E-state index contributed by atoms with van der Waals surface area (Å²) in [5, 5.41) is 8.32. The highest BCUT2D eigenvalue weighted by Crippen LogP contribution is 2.30. The number of hydrogen-bond acceptors (Lipinski definition) is 5. The van der Waals surface area contributed by atoms with E-state index < -0.39 is 0 Å². The molecule has 1 aromatic heterocycles. The molecule has 1 aliphatic rings. The maximum Gasteiger partial charge on any atom is 0.227 e. The largest absolute Gasteiger partial charge is 0.362 e. The molecule has 1 atom stereocenters. The van der Waals surface area contributed by atoms with Gasteiger partial charge in [-0.05, 0) is 24.6 Å². The summed E-state index contributed by atoms with van der Waals surface area (Å²) in [5.41, 5.74) is 0.930. The van der Waals surface area contributed by atoms with Crippen LogP contribution < -0.4 is 15.5 Å². The Labute approximate surface area is 156 Å². The van der Waals surface area contributed by atoms with Crippen molar-refractivity contribution in [3.05, 3.63) is 45.0 Å². The molecule has 0 spiro atoms. The van der Waals surface area contributed by atoms with Gasteiger partial charge in [0.1, 0.15) is 5.02 Å². The van der Waals surface area contributed by atoms with Gasteiger partial charge in [-0.3, -0.25) is 0 Å². The predicted octanol–water partition coefficient (Wildman–Crippen LogP) is 4.02. The van der Waals surface area contributed by atoms with Crippen molar-refractivity contribution in [1.29, 1.82) is 0 Å². The van der Waals surface area contributed by atoms with E-state index in [2.05, 4.69) is 25.5 Å². The quantitative estimate of drug-likeness (QED) is 0.831. The molecule has 128 valence electrons. The lowest BCUT2D eigenvalue weighted by Gasteiger charge is -2.28. The van der Waals surface area contributed by atoms with Crippen molar-refractivity contribution in [3.8, 4) is 0 Å². The molecule has 1 unspecified atom stereocenters. The van der Waals surface area contributed by atoms with Gasteiger partial charge in [0, 0.05) is 36.2 Å². The first-order chi connectivity index (χ1) is 11.5. The molecule has 0 amide bonds. The molecule has 1 aromatic carbocycles. The molecule has 0 saturated carbocycles. The molecule has 8 heteroatoms. The van der Waals surface area contributed by atoms with Gasteiger partial charge in [0.25, 0.3) is 0 Å². The first-order valence-electron chi connectivity index (χ1n) is 7.74. The number of rotatable bonds is 4. The van der Waals surface area contributed by atoms with Gasteiger partial charge < -0.3 is 15.5 Å². The van der Waals surface area contributed by atoms with Crippen LogP contribution in [0.3, 0.4) is 0 Å². The summed E-state index contributed by atoms with van der Waals surface area (Å²) < 4.78 is 0. The second-order valence-corrected chi connectivity index (χ2v) is 6.89. The van der Waals surface area contributed by atoms with Crippen LogP contribution in [0.25, 0.3) is 0 Å². The van der Waals surface area contributed by atoms with E-state index in [4.69, 9.17) is 34.8 Å². The Morgan fingerprint density at radius 2 is 1.92 bits per heavy atom. The lowest BCUT2D eigenvalue weighted by molar-refractivity contribution is 0.580. The van der Waals surface area contributed by atoms with Gasteiger partial charge >= 0.3 is 0 Å². The zero-order valence-electron chi connectivity index (χ0n) is 13.2. The van der Waals surface area contributed by atoms with Crippen LogP contribution in [-0.2, 0) is 0 Å². The third kappa shape index (κ3) is 4.03. The van der Waals surface area contributed by atoms with Crippen LogP contribution in [0.4, 0.5) is 11.8 Å². The van der Waals surface area contributed by atoms with Crippen molar-refractivity contribution in [2.24, 2.45) is 0 Å². The van der Waals surface area contributed by atoms with E-state index in [9.17, 15) is 0 Å². The first kappa shape index (κ1) is 17.5. The van der Waals surface area contributed by atoms with E-state index in [-0.39, 0.29) is 6.04 Å². The van der Waals surface area contributed by atoms with Crippen molar-refractivity contribution in [2.75, 3.05) is 36.4 Å². The molecule has 2 heterocycles. The minimum Gasteiger partial charge on any atom is -0.362 e. The van der Waals surface area contributed by atoms with E-state index in [1.807, 2.05) is 19.1 Å². The summed E-state index contributed by atoms with van der Waals surface area (Å²) >= 11 is 18.5. The number of piperazine rings is 1. The molecule has 3 rings (SSSR count). The van der Waals surface area contributed by atoms with E-state index in [0.29, 0.717) is 26.8 Å². The molecule has 0 aliphatic carbocycles. The first-order valence-corrected chi connectivity index (χ1v) is 8.87. The van der Waals surface area contributed by atoms with Gasteiger partial charge in [-0.25, -0.2) is 4.98 Å². The summed E-state index contributed by atoms with van der Waals surface area (Å²) in [5.74, 6) is 1.27. The molecule has 24 heavy (non-hydrogen) atoms. The zero-order chi connectivity index (χ0) is 17.1. The number of hydrogen-bond donors (Lipinski definition) is 2. The maximum absolute atomic E-state index is 6.28. The van der Waals surface area contributed by atoms with E-state index in [1.165, 1.54) is 0 Å². The summed E-state index contributed by atoms with van der Waals surface area (Å²) in [7, 11) is 0. The molecular weight excluding hydrogens is 369 g/mol. The summed E-state index contributed by atoms with van der Waals surface area (Å²) in [6.45, 7) is 5.59. The van der Waals surface area contributed by atoms with Gasteiger partial charge in [-0.2, -0.15) is 4.98 Å². The van der Waals surface area contributed by atoms with E-state index in [0.717, 1.165) is 31.7 Å². The lowest BCUT2D eigenvalue weighted by Crippen LogP contribution is -2.44. The average Bonchev–Trinajstić information content (AvgIpc) is 2.57. The third-order valence-electron chi connectivity index (χ3n) is 3.91. The van der Waals surface area contributed by atoms with Crippen molar-refractivity contribution in [2.45, 2.75) is 13.0 Å². The number of aromatic nitrogens is 2. The average molecular weight is 387 g/mol. The summed E-state index contributed by atoms with van der Waals surface area (Å²) in [4.78, 5) is 11.1. The highest BCUT2D eigenvalue weighted by molar-refractivity contribution is 6.35. The number of nitrogens with zero attached hydrogens (tertiary/aromatic N) is 3. The molecule has 1 aliphatic heterocycles. The lowest BCUT2D eigenvalue weighted by atomic mass is 10.1. The summed E-state index contributed by atoms with van der Waals surface area (Å²) in [6.07, 6.45) is 1.63. The number of anilines is 2. The van der Waals surface area contributed by atoms with Crippen LogP contribution in [0, 0.1) is 0 Å². The van der Waals surface area contributed by atoms with Crippen LogP contribution in [0.1, 0.15) is 18.5 Å². The second-order valence-electron chi connectivity index (χ2n) is 5.64. The summed E-state index contributed by atoms with van der Waals surface area (Å²) in [6, 6.07) is 5.37. The molecule has 1 fully saturated rings. The second kappa shape index (κ2) is 7.74. The standard InChI is InChI=1S/C16H18Cl3N5/c1-10(12-3-2-11(17)8-13(12)18)22-15-14(19)9-21-16(23-15)24-6-4-20-5-7-24/h2-3,8-10,20H,4-7H2,1H3,(H,21,22,23). The van der Waals surface area contributed by atoms with Gasteiger partial charge in [0.15, 0.2) is 5.82 Å². The minimum atomic E-state index is -0.0713. The van der Waals surface area contributed by atoms with Crippen LogP contribution in [0.5, 0.6) is 0 Å². The Hall–Kier alpha value is -1.27. The fraction of sp³-hybridized carbons (Fsp3) is 0.375. The topological polar surface area (TPSA) is 53.1 Å². The smallest absolute Gasteiger partial charge is 0.227 e. The van der Waals surface area contributed by atoms with Gasteiger partial charge in [-0.15, -0.1) is 0 Å². The Bertz CT molecular complexity index is 719. The number of benzene rings is 1. The van der Waals surface area contributed by atoms with Crippen molar-refractivity contribution in [1.82, 2.24) is 15.3 Å². The molecule has 0 radical (unpaired) electrons. The van der Waals surface area contributed by atoms with E-state index in [1.54, 1.807) is 12.3 Å². The fourth-order valence-corrected chi connectivity index (χ4v) is 3.33. The Morgan fingerprint density at radius 1 is 1.17 bits per heavy atom. The predicted molar refractivity (Wildman–Crippen MR) is 101 cm³/mol. The molecule has 2 N–H and O–H groups in total. The number of nitrogens with one attached hydrogen (secondary N) is 2. The van der Waals surface area contributed by atoms with Crippen molar-refractivity contribution >= 4 is 46.6 Å². The van der Waals surface area contributed by atoms with Crippen LogP contribution in [0.15, 0.2) is 24.4 Å². The van der Waals surface area contributed by atoms with Crippen molar-refractivity contribution in [3.63, 3.8) is 0 Å². The molecule has 5 nitrogen and oxygen atoms in total. The highest BCUT2D eigenvalue weighted by Gasteiger charge is 2.17. The Morgan fingerprint density at radius 3 is 2.62 bits per heavy atom. The van der Waals surface area contributed by atoms with Crippen LogP contribution >= 0.6 is 34.8 Å². The molecule has 0 bridgehead atoms. The Kier molecular flexibility index (Phi) is 5.66. The zero-order valence-corrected chi connectivity index (χ0v) is 15.5. The minimum absolute atomic E-state index is 0.0713. The monoisotopic (exact) mass is 385 g/mol. The highest BCUT2D eigenvalue weighted by atomic mass is 35.5. The molecular formula is C16H18Cl3N5. The number of halogens is 3. The van der Waals surface area contributed by atoms with Gasteiger partial charge in [0.05, 0.1) is 12.2 Å². The van der Waals surface area contributed by atoms with Gasteiger partial charge in [-0.1, -0.05) is 40.9 Å². The normalized spacial score (nSPS) is 16.1. The maximum atomic E-state index is 6.28. The fourth-order valence-electron chi connectivity index (χ4n) is 2.61. The molecule has 1 saturated heterocycles. The van der Waals surface area contributed by atoms with Crippen molar-refractivity contribution < 1.29 is 0 Å². The van der Waals surface area contributed by atoms with E-state index >= 15 is 0 Å². The van der Waals surface area contributed by atoms with Crippen LogP contribution in [-0.4, -0.2) is 36.1 Å². The Balaban J connectivity index is 1.80. The SMILES string of the molecule is CC(Nc1nc(N2CCNCC2)ncc1Cl)c1ccc(Cl)cc1Cl. The third-order valence-corrected chi connectivity index (χ3v) is 4.75. The van der Waals surface area contributed by atoms with Gasteiger partial charge in [0.2, 0.25) is 5.95 Å².